The number of benzene rings is 1. The number of aromatic nitrogens is 2. The molecule has 0 atom stereocenters. The molecule has 0 bridgehead atoms. The number of anilines is 1. The van der Waals surface area contributed by atoms with Crippen LogP contribution in [0.5, 0.6) is 0 Å². The largest absolute Gasteiger partial charge is 0.349 e. The van der Waals surface area contributed by atoms with Crippen molar-refractivity contribution in [1.29, 1.82) is 0 Å². The van der Waals surface area contributed by atoms with Gasteiger partial charge in [0.25, 0.3) is 11.6 Å². The van der Waals surface area contributed by atoms with Crippen LogP contribution in [0.25, 0.3) is 0 Å². The van der Waals surface area contributed by atoms with E-state index in [4.69, 9.17) is 0 Å². The van der Waals surface area contributed by atoms with Crippen LogP contribution in [0.3, 0.4) is 0 Å². The summed E-state index contributed by atoms with van der Waals surface area (Å²) in [5.41, 5.74) is 0.160. The monoisotopic (exact) mass is 405 g/mol. The molecule has 2 aromatic rings. The Morgan fingerprint density at radius 3 is 2.60 bits per heavy atom. The second kappa shape index (κ2) is 7.56. The summed E-state index contributed by atoms with van der Waals surface area (Å²) in [5, 5.41) is 13.9. The van der Waals surface area contributed by atoms with Crippen LogP contribution in [0.1, 0.15) is 23.2 Å². The average Bonchev–Trinajstić information content (AvgIpc) is 2.63. The summed E-state index contributed by atoms with van der Waals surface area (Å²) in [6.45, 7) is 1.49. The molecule has 25 heavy (non-hydrogen) atoms. The lowest BCUT2D eigenvalue weighted by atomic mass is 10.0. The molecule has 1 amide bonds. The minimum absolute atomic E-state index is 0.0233. The Kier molecular flexibility index (Phi) is 5.22. The number of hydrogen-bond donors (Lipinski definition) is 1. The lowest BCUT2D eigenvalue weighted by molar-refractivity contribution is -0.385. The van der Waals surface area contributed by atoms with Gasteiger partial charge >= 0.3 is 0 Å². The molecule has 0 saturated carbocycles. The zero-order valence-electron chi connectivity index (χ0n) is 13.3. The molecule has 0 spiro atoms. The standard InChI is InChI=1S/C16H16BrN5O3/c17-13-3-2-11(10-14(13)22(24)25)15(23)20-12-4-8-21(9-5-12)16-18-6-1-7-19-16/h1-3,6-7,10,12H,4-5,8-9H2,(H,20,23). The van der Waals surface area contributed by atoms with Crippen LogP contribution < -0.4 is 10.2 Å². The second-order valence-corrected chi connectivity index (χ2v) is 6.56. The van der Waals surface area contributed by atoms with Crippen LogP contribution >= 0.6 is 15.9 Å². The molecule has 0 radical (unpaired) electrons. The van der Waals surface area contributed by atoms with Crippen molar-refractivity contribution in [3.05, 3.63) is 56.8 Å². The Morgan fingerprint density at radius 2 is 1.96 bits per heavy atom. The van der Waals surface area contributed by atoms with Gasteiger partial charge in [-0.1, -0.05) is 0 Å². The van der Waals surface area contributed by atoms with E-state index in [0.717, 1.165) is 25.9 Å². The number of piperidine rings is 1. The number of halogens is 1. The van der Waals surface area contributed by atoms with E-state index >= 15 is 0 Å². The lowest BCUT2D eigenvalue weighted by Gasteiger charge is -2.32. The third-order valence-electron chi connectivity index (χ3n) is 4.07. The number of carbonyl (C=O) groups is 1. The minimum atomic E-state index is -0.515. The van der Waals surface area contributed by atoms with Gasteiger partial charge in [-0.2, -0.15) is 0 Å². The van der Waals surface area contributed by atoms with Crippen LogP contribution in [0.2, 0.25) is 0 Å². The van der Waals surface area contributed by atoms with E-state index in [1.54, 1.807) is 24.5 Å². The Balaban J connectivity index is 1.60. The van der Waals surface area contributed by atoms with E-state index in [2.05, 4.69) is 36.1 Å². The smallest absolute Gasteiger partial charge is 0.284 e. The normalized spacial score (nSPS) is 15.0. The summed E-state index contributed by atoms with van der Waals surface area (Å²) in [6, 6.07) is 6.16. The van der Waals surface area contributed by atoms with Crippen molar-refractivity contribution >= 4 is 33.5 Å². The van der Waals surface area contributed by atoms with Gasteiger partial charge in [-0.25, -0.2) is 9.97 Å². The molecule has 2 heterocycles. The molecule has 1 aliphatic heterocycles. The predicted molar refractivity (Wildman–Crippen MR) is 95.5 cm³/mol. The van der Waals surface area contributed by atoms with Crippen molar-refractivity contribution in [2.75, 3.05) is 18.0 Å². The van der Waals surface area contributed by atoms with E-state index < -0.39 is 4.92 Å². The van der Waals surface area contributed by atoms with Gasteiger partial charge < -0.3 is 10.2 Å². The van der Waals surface area contributed by atoms with Crippen molar-refractivity contribution in [1.82, 2.24) is 15.3 Å². The molecule has 8 nitrogen and oxygen atoms in total. The third kappa shape index (κ3) is 4.11. The molecule has 0 unspecified atom stereocenters. The SMILES string of the molecule is O=C(NC1CCN(c2ncccn2)CC1)c1ccc(Br)c([N+](=O)[O-])c1. The van der Waals surface area contributed by atoms with Gasteiger partial charge in [0, 0.05) is 43.2 Å². The van der Waals surface area contributed by atoms with Crippen LogP contribution in [0, 0.1) is 10.1 Å². The summed E-state index contributed by atoms with van der Waals surface area (Å²) in [7, 11) is 0. The highest BCUT2D eigenvalue weighted by molar-refractivity contribution is 9.10. The predicted octanol–water partition coefficient (Wildman–Crippen LogP) is 2.55. The molecule has 1 aromatic heterocycles. The van der Waals surface area contributed by atoms with Crippen molar-refractivity contribution in [2.45, 2.75) is 18.9 Å². The number of nitro groups is 1. The molecule has 1 saturated heterocycles. The number of hydrogen-bond acceptors (Lipinski definition) is 6. The molecular weight excluding hydrogens is 390 g/mol. The van der Waals surface area contributed by atoms with Gasteiger partial charge in [0.15, 0.2) is 0 Å². The Hall–Kier alpha value is -2.55. The van der Waals surface area contributed by atoms with Gasteiger partial charge in [0.2, 0.25) is 5.95 Å². The number of nitrogens with zero attached hydrogens (tertiary/aromatic N) is 4. The summed E-state index contributed by atoms with van der Waals surface area (Å²) < 4.78 is 0.352. The fourth-order valence-corrected chi connectivity index (χ4v) is 3.13. The molecule has 1 fully saturated rings. The second-order valence-electron chi connectivity index (χ2n) is 5.71. The van der Waals surface area contributed by atoms with Gasteiger partial charge in [-0.05, 0) is 47.0 Å². The number of nitrogens with one attached hydrogen (secondary N) is 1. The van der Waals surface area contributed by atoms with Crippen LogP contribution in [-0.2, 0) is 0 Å². The zero-order chi connectivity index (χ0) is 17.8. The molecule has 1 N–H and O–H groups in total. The average molecular weight is 406 g/mol. The lowest BCUT2D eigenvalue weighted by Crippen LogP contribution is -2.45. The first-order valence-corrected chi connectivity index (χ1v) is 8.60. The van der Waals surface area contributed by atoms with Crippen LogP contribution in [-0.4, -0.2) is 39.9 Å². The Bertz CT molecular complexity index is 779. The molecule has 130 valence electrons. The maximum Gasteiger partial charge on any atom is 0.284 e. The number of carbonyl (C=O) groups excluding carboxylic acids is 1. The van der Waals surface area contributed by atoms with E-state index in [-0.39, 0.29) is 23.2 Å². The topological polar surface area (TPSA) is 101 Å². The summed E-state index contributed by atoms with van der Waals surface area (Å²) in [6.07, 6.45) is 4.94. The number of amides is 1. The fourth-order valence-electron chi connectivity index (χ4n) is 2.74. The van der Waals surface area contributed by atoms with E-state index in [1.165, 1.54) is 12.1 Å². The van der Waals surface area contributed by atoms with Crippen LogP contribution in [0.4, 0.5) is 11.6 Å². The summed E-state index contributed by atoms with van der Waals surface area (Å²) in [4.78, 5) is 33.4. The van der Waals surface area contributed by atoms with Gasteiger partial charge in [-0.15, -0.1) is 0 Å². The maximum atomic E-state index is 12.4. The van der Waals surface area contributed by atoms with Crippen molar-refractivity contribution in [3.8, 4) is 0 Å². The molecule has 9 heteroatoms. The van der Waals surface area contributed by atoms with Crippen molar-refractivity contribution in [3.63, 3.8) is 0 Å². The van der Waals surface area contributed by atoms with E-state index in [0.29, 0.717) is 10.4 Å². The highest BCUT2D eigenvalue weighted by Gasteiger charge is 2.23. The highest BCUT2D eigenvalue weighted by Crippen LogP contribution is 2.25. The molecular formula is C16H16BrN5O3. The molecule has 1 aliphatic rings. The van der Waals surface area contributed by atoms with Crippen LogP contribution in [0.15, 0.2) is 41.1 Å². The Labute approximate surface area is 152 Å². The van der Waals surface area contributed by atoms with Gasteiger partial charge in [0.1, 0.15) is 0 Å². The van der Waals surface area contributed by atoms with Crippen molar-refractivity contribution in [2.24, 2.45) is 0 Å². The zero-order valence-corrected chi connectivity index (χ0v) is 14.8. The fraction of sp³-hybridized carbons (Fsp3) is 0.312. The Morgan fingerprint density at radius 1 is 1.28 bits per heavy atom. The van der Waals surface area contributed by atoms with E-state index in [9.17, 15) is 14.9 Å². The molecule has 1 aromatic carbocycles. The van der Waals surface area contributed by atoms with Crippen molar-refractivity contribution < 1.29 is 9.72 Å². The van der Waals surface area contributed by atoms with Gasteiger partial charge in [0.05, 0.1) is 9.40 Å². The summed E-state index contributed by atoms with van der Waals surface area (Å²) >= 11 is 3.12. The summed E-state index contributed by atoms with van der Waals surface area (Å²) in [5.74, 6) is 0.390. The first-order chi connectivity index (χ1) is 12.0. The van der Waals surface area contributed by atoms with E-state index in [1.807, 2.05) is 0 Å². The number of rotatable bonds is 4. The molecule has 0 aliphatic carbocycles. The quantitative estimate of drug-likeness (QED) is 0.619. The highest BCUT2D eigenvalue weighted by atomic mass is 79.9. The molecule has 3 rings (SSSR count). The number of nitro benzene ring substituents is 1. The first kappa shape index (κ1) is 17.3. The first-order valence-electron chi connectivity index (χ1n) is 7.81. The minimum Gasteiger partial charge on any atom is -0.349 e. The van der Waals surface area contributed by atoms with Gasteiger partial charge in [-0.3, -0.25) is 14.9 Å². The third-order valence-corrected chi connectivity index (χ3v) is 4.74. The maximum absolute atomic E-state index is 12.4.